The summed E-state index contributed by atoms with van der Waals surface area (Å²) in [6.07, 6.45) is 17.5. The molecule has 7 unspecified atom stereocenters. The number of benzene rings is 2. The lowest BCUT2D eigenvalue weighted by molar-refractivity contribution is -0.125. The van der Waals surface area contributed by atoms with Crippen LogP contribution in [-0.2, 0) is 14.3 Å². The first-order chi connectivity index (χ1) is 30.3. The van der Waals surface area contributed by atoms with E-state index >= 15 is 0 Å². The van der Waals surface area contributed by atoms with E-state index in [1.165, 1.54) is 29.4 Å². The molecule has 2 aliphatic rings. The number of hydrogen-bond donors (Lipinski definition) is 2. The molecule has 7 atom stereocenters. The number of carbonyl (C=O) groups is 3. The van der Waals surface area contributed by atoms with Crippen LogP contribution in [0.3, 0.4) is 0 Å². The van der Waals surface area contributed by atoms with Gasteiger partial charge in [-0.1, -0.05) is 155 Å². The maximum atomic E-state index is 13.7. The van der Waals surface area contributed by atoms with Gasteiger partial charge in [-0.25, -0.2) is 9.78 Å². The molecule has 1 heterocycles. The summed E-state index contributed by atoms with van der Waals surface area (Å²) in [5, 5.41) is 2.77. The third kappa shape index (κ3) is 12.9. The number of imidazole rings is 1. The van der Waals surface area contributed by atoms with Gasteiger partial charge in [-0.05, 0) is 89.7 Å². The SMILES string of the molecule is C=C(C(CC(=O)CC(C)C)C(C)CC)N(CC(C)CC)C(CCC)C1=CCC=C(c2ccc(-c3ccc(-c4cnc(C5CCCC5C(=O)C(CCC)NC(=O)OC)[nH]4)cc3)cc2)C1. The lowest BCUT2D eigenvalue weighted by atomic mass is 9.81. The van der Waals surface area contributed by atoms with Crippen LogP contribution in [0.2, 0.25) is 0 Å². The fraction of sp³-hybridized carbons (Fsp3) is 0.564. The smallest absolute Gasteiger partial charge is 0.407 e. The normalized spacial score (nSPS) is 18.8. The zero-order valence-electron chi connectivity index (χ0n) is 40.1. The van der Waals surface area contributed by atoms with Crippen LogP contribution in [0.15, 0.2) is 84.7 Å². The van der Waals surface area contributed by atoms with Crippen LogP contribution in [-0.4, -0.2) is 58.3 Å². The van der Waals surface area contributed by atoms with Crippen LogP contribution in [0.25, 0.3) is 28.0 Å². The van der Waals surface area contributed by atoms with Crippen molar-refractivity contribution in [3.8, 4) is 22.4 Å². The van der Waals surface area contributed by atoms with Crippen LogP contribution >= 0.6 is 0 Å². The summed E-state index contributed by atoms with van der Waals surface area (Å²) in [4.78, 5) is 49.9. The minimum absolute atomic E-state index is 0.00676. The number of nitrogens with zero attached hydrogens (tertiary/aromatic N) is 2. The van der Waals surface area contributed by atoms with Crippen molar-refractivity contribution < 1.29 is 19.1 Å². The van der Waals surface area contributed by atoms with Gasteiger partial charge < -0.3 is 19.9 Å². The highest BCUT2D eigenvalue weighted by Gasteiger charge is 2.39. The van der Waals surface area contributed by atoms with E-state index < -0.39 is 12.1 Å². The zero-order valence-corrected chi connectivity index (χ0v) is 40.1. The van der Waals surface area contributed by atoms with Crippen molar-refractivity contribution in [1.29, 1.82) is 0 Å². The van der Waals surface area contributed by atoms with E-state index in [0.29, 0.717) is 42.8 Å². The Morgan fingerprint density at radius 2 is 1.51 bits per heavy atom. The molecule has 0 saturated heterocycles. The Bertz CT molecular complexity index is 2020. The highest BCUT2D eigenvalue weighted by atomic mass is 16.5. The minimum Gasteiger partial charge on any atom is -0.453 e. The van der Waals surface area contributed by atoms with Crippen LogP contribution in [0.5, 0.6) is 0 Å². The molecule has 3 aromatic rings. The van der Waals surface area contributed by atoms with Crippen molar-refractivity contribution in [2.24, 2.45) is 29.6 Å². The van der Waals surface area contributed by atoms with Crippen molar-refractivity contribution in [2.45, 2.75) is 157 Å². The molecule has 8 heteroatoms. The van der Waals surface area contributed by atoms with Gasteiger partial charge in [-0.3, -0.25) is 9.59 Å². The molecule has 1 saturated carbocycles. The maximum absolute atomic E-state index is 13.7. The molecule has 0 aliphatic heterocycles. The quantitative estimate of drug-likeness (QED) is 0.0870. The Balaban J connectivity index is 1.28. The summed E-state index contributed by atoms with van der Waals surface area (Å²) in [6, 6.07) is 17.3. The van der Waals surface area contributed by atoms with E-state index in [9.17, 15) is 14.4 Å². The van der Waals surface area contributed by atoms with Crippen molar-refractivity contribution in [1.82, 2.24) is 20.2 Å². The summed E-state index contributed by atoms with van der Waals surface area (Å²) in [6.45, 7) is 23.5. The van der Waals surface area contributed by atoms with Crippen molar-refractivity contribution >= 4 is 23.2 Å². The molecule has 1 aromatic heterocycles. The maximum Gasteiger partial charge on any atom is 0.407 e. The fourth-order valence-corrected chi connectivity index (χ4v) is 9.90. The Morgan fingerprint density at radius 3 is 2.11 bits per heavy atom. The van der Waals surface area contributed by atoms with Crippen LogP contribution in [0, 0.1) is 29.6 Å². The molecule has 1 fully saturated rings. The van der Waals surface area contributed by atoms with Crippen molar-refractivity contribution in [3.05, 3.63) is 96.1 Å². The van der Waals surface area contributed by atoms with Gasteiger partial charge in [0.15, 0.2) is 5.78 Å². The number of ether oxygens (including phenoxy) is 1. The first-order valence-corrected chi connectivity index (χ1v) is 24.3. The second kappa shape index (κ2) is 23.8. The highest BCUT2D eigenvalue weighted by molar-refractivity contribution is 5.90. The molecule has 5 rings (SSSR count). The van der Waals surface area contributed by atoms with E-state index in [4.69, 9.17) is 16.3 Å². The van der Waals surface area contributed by atoms with Gasteiger partial charge in [0.1, 0.15) is 11.6 Å². The van der Waals surface area contributed by atoms with Crippen LogP contribution in [0.1, 0.15) is 156 Å². The third-order valence-electron chi connectivity index (χ3n) is 13.9. The monoisotopic (exact) mass is 859 g/mol. The van der Waals surface area contributed by atoms with E-state index in [-0.39, 0.29) is 29.6 Å². The number of rotatable bonds is 24. The Labute approximate surface area is 379 Å². The van der Waals surface area contributed by atoms with Gasteiger partial charge >= 0.3 is 6.09 Å². The van der Waals surface area contributed by atoms with Crippen LogP contribution in [0.4, 0.5) is 4.79 Å². The number of Topliss-reactive ketones (excluding diaryl/α,β-unsaturated/α-hetero) is 2. The van der Waals surface area contributed by atoms with Gasteiger partial charge in [-0.15, -0.1) is 0 Å². The van der Waals surface area contributed by atoms with Gasteiger partial charge in [-0.2, -0.15) is 0 Å². The summed E-state index contributed by atoms with van der Waals surface area (Å²) < 4.78 is 4.80. The minimum atomic E-state index is -0.568. The molecule has 2 N–H and O–H groups in total. The second-order valence-electron chi connectivity index (χ2n) is 19.1. The lowest BCUT2D eigenvalue weighted by Gasteiger charge is -2.43. The number of hydrogen-bond acceptors (Lipinski definition) is 6. The number of nitrogens with one attached hydrogen (secondary N) is 2. The number of alkyl carbamates (subject to hydrolysis) is 1. The predicted octanol–water partition coefficient (Wildman–Crippen LogP) is 13.5. The van der Waals surface area contributed by atoms with E-state index in [1.54, 1.807) is 0 Å². The lowest BCUT2D eigenvalue weighted by Crippen LogP contribution is -2.44. The molecule has 2 aromatic carbocycles. The summed E-state index contributed by atoms with van der Waals surface area (Å²) >= 11 is 0. The number of aromatic nitrogens is 2. The number of ketones is 2. The molecular weight excluding hydrogens is 781 g/mol. The molecule has 342 valence electrons. The van der Waals surface area contributed by atoms with Gasteiger partial charge in [0.05, 0.1) is 31.1 Å². The summed E-state index contributed by atoms with van der Waals surface area (Å²) in [5.74, 6) is 2.48. The zero-order chi connectivity index (χ0) is 45.6. The average molecular weight is 859 g/mol. The second-order valence-corrected chi connectivity index (χ2v) is 19.1. The fourth-order valence-electron chi connectivity index (χ4n) is 9.90. The summed E-state index contributed by atoms with van der Waals surface area (Å²) in [5.41, 5.74) is 9.55. The Morgan fingerprint density at radius 1 is 0.857 bits per heavy atom. The molecule has 63 heavy (non-hydrogen) atoms. The summed E-state index contributed by atoms with van der Waals surface area (Å²) in [7, 11) is 1.33. The van der Waals surface area contributed by atoms with Crippen LogP contribution < -0.4 is 5.32 Å². The molecule has 2 aliphatic carbocycles. The van der Waals surface area contributed by atoms with Crippen molar-refractivity contribution in [2.75, 3.05) is 13.7 Å². The molecule has 1 amide bonds. The number of H-pyrrole nitrogens is 1. The Hall–Kier alpha value is -4.72. The van der Waals surface area contributed by atoms with E-state index in [1.807, 2.05) is 13.1 Å². The Kier molecular flexibility index (Phi) is 18.6. The number of methoxy groups -OCH3 is 1. The topological polar surface area (TPSA) is 104 Å². The van der Waals surface area contributed by atoms with Gasteiger partial charge in [0.2, 0.25) is 0 Å². The number of amides is 1. The van der Waals surface area contributed by atoms with E-state index in [0.717, 1.165) is 99.1 Å². The largest absolute Gasteiger partial charge is 0.453 e. The average Bonchev–Trinajstić information content (AvgIpc) is 3.99. The molecular formula is C55H78N4O4. The number of carbonyl (C=O) groups excluding carboxylic acids is 3. The predicted molar refractivity (Wildman–Crippen MR) is 260 cm³/mol. The van der Waals surface area contributed by atoms with Gasteiger partial charge in [0.25, 0.3) is 0 Å². The highest BCUT2D eigenvalue weighted by Crippen LogP contribution is 2.41. The first-order valence-electron chi connectivity index (χ1n) is 24.3. The van der Waals surface area contributed by atoms with E-state index in [2.05, 4.69) is 124 Å². The number of aromatic amines is 1. The third-order valence-corrected chi connectivity index (χ3v) is 13.9. The molecule has 8 nitrogen and oxygen atoms in total. The van der Waals surface area contributed by atoms with Crippen molar-refractivity contribution in [3.63, 3.8) is 0 Å². The molecule has 0 radical (unpaired) electrons. The number of allylic oxidation sites excluding steroid dienone is 4. The first kappa shape index (κ1) is 49.3. The molecule has 0 bridgehead atoms. The van der Waals surface area contributed by atoms with Gasteiger partial charge in [0, 0.05) is 42.8 Å². The standard InChI is InChI=1S/C55H78N4O4/c1-11-17-50(58-55(62)63-10)53(61)47-21-16-22-48(47)54-56-34-51(57-54)43-29-27-41(28-30-43)40-23-25-42(26-24-40)44-19-15-20-45(32-44)52(18-12-2)59(35-37(7)13-3)39(9)49(38(8)14-4)33-46(60)31-36(5)6/h19-20,23-30,34,36-38,47-50,52H,9,11-18,21-22,31-33,35H2,1-8,10H3,(H,56,57)(H,58,62). The molecule has 0 spiro atoms.